The van der Waals surface area contributed by atoms with E-state index >= 15 is 0 Å². The summed E-state index contributed by atoms with van der Waals surface area (Å²) in [6.07, 6.45) is 2.30. The predicted molar refractivity (Wildman–Crippen MR) is 46.4 cm³/mol. The van der Waals surface area contributed by atoms with Crippen molar-refractivity contribution in [2.75, 3.05) is 13.1 Å². The van der Waals surface area contributed by atoms with Gasteiger partial charge in [0, 0.05) is 6.54 Å². The molecule has 2 atom stereocenters. The molecule has 0 spiro atoms. The van der Waals surface area contributed by atoms with Gasteiger partial charge < -0.3 is 10.4 Å². The van der Waals surface area contributed by atoms with E-state index in [1.165, 1.54) is 12.8 Å². The molecular weight excluding hydrogens is 138 g/mol. The topological polar surface area (TPSA) is 32.3 Å². The van der Waals surface area contributed by atoms with E-state index in [2.05, 4.69) is 19.2 Å². The molecule has 11 heavy (non-hydrogen) atoms. The molecule has 1 fully saturated rings. The van der Waals surface area contributed by atoms with Gasteiger partial charge in [0.15, 0.2) is 0 Å². The molecule has 0 aliphatic carbocycles. The Hall–Kier alpha value is -0.0800. The Labute approximate surface area is 69.0 Å². The van der Waals surface area contributed by atoms with Crippen molar-refractivity contribution in [2.24, 2.45) is 11.8 Å². The maximum Gasteiger partial charge on any atom is 0.0603 e. The summed E-state index contributed by atoms with van der Waals surface area (Å²) in [4.78, 5) is 0. The Morgan fingerprint density at radius 3 is 2.64 bits per heavy atom. The van der Waals surface area contributed by atoms with Gasteiger partial charge in [-0.1, -0.05) is 13.8 Å². The standard InChI is InChI=1S/C9H19NO/c1-7(2)9(11)8-4-3-5-10-6-8/h7-11H,3-6H2,1-2H3. The summed E-state index contributed by atoms with van der Waals surface area (Å²) < 4.78 is 0. The van der Waals surface area contributed by atoms with Crippen LogP contribution >= 0.6 is 0 Å². The summed E-state index contributed by atoms with van der Waals surface area (Å²) in [5.74, 6) is 0.892. The van der Waals surface area contributed by atoms with Crippen LogP contribution in [0.15, 0.2) is 0 Å². The van der Waals surface area contributed by atoms with Crippen LogP contribution in [0.25, 0.3) is 0 Å². The second-order valence-corrected chi connectivity index (χ2v) is 3.84. The van der Waals surface area contributed by atoms with E-state index in [4.69, 9.17) is 0 Å². The van der Waals surface area contributed by atoms with E-state index in [1.807, 2.05) is 0 Å². The minimum Gasteiger partial charge on any atom is -0.393 e. The van der Waals surface area contributed by atoms with Crippen molar-refractivity contribution in [1.29, 1.82) is 0 Å². The van der Waals surface area contributed by atoms with Crippen LogP contribution in [0.5, 0.6) is 0 Å². The van der Waals surface area contributed by atoms with Crippen LogP contribution in [0, 0.1) is 11.8 Å². The summed E-state index contributed by atoms with van der Waals surface area (Å²) in [7, 11) is 0. The summed E-state index contributed by atoms with van der Waals surface area (Å²) in [6.45, 7) is 6.29. The number of nitrogens with one attached hydrogen (secondary N) is 1. The van der Waals surface area contributed by atoms with Crippen molar-refractivity contribution in [2.45, 2.75) is 32.8 Å². The van der Waals surface area contributed by atoms with Crippen LogP contribution in [0.3, 0.4) is 0 Å². The Morgan fingerprint density at radius 2 is 2.18 bits per heavy atom. The fraction of sp³-hybridized carbons (Fsp3) is 1.00. The third kappa shape index (κ3) is 2.46. The van der Waals surface area contributed by atoms with Gasteiger partial charge in [0.1, 0.15) is 0 Å². The highest BCUT2D eigenvalue weighted by Gasteiger charge is 2.23. The van der Waals surface area contributed by atoms with E-state index in [0.717, 1.165) is 13.1 Å². The van der Waals surface area contributed by atoms with Gasteiger partial charge in [-0.05, 0) is 31.2 Å². The molecule has 2 nitrogen and oxygen atoms in total. The van der Waals surface area contributed by atoms with Gasteiger partial charge in [0.2, 0.25) is 0 Å². The highest BCUT2D eigenvalue weighted by molar-refractivity contribution is 4.77. The Morgan fingerprint density at radius 1 is 1.45 bits per heavy atom. The second kappa shape index (κ2) is 4.07. The lowest BCUT2D eigenvalue weighted by Crippen LogP contribution is -2.38. The number of hydrogen-bond donors (Lipinski definition) is 2. The molecule has 0 amide bonds. The fourth-order valence-electron chi connectivity index (χ4n) is 1.71. The van der Waals surface area contributed by atoms with Gasteiger partial charge in [0.25, 0.3) is 0 Å². The first kappa shape index (κ1) is 9.01. The molecule has 1 rings (SSSR count). The summed E-state index contributed by atoms with van der Waals surface area (Å²) in [6, 6.07) is 0. The van der Waals surface area contributed by atoms with Crippen molar-refractivity contribution in [3.8, 4) is 0 Å². The summed E-state index contributed by atoms with van der Waals surface area (Å²) in [5, 5.41) is 13.0. The third-order valence-electron chi connectivity index (χ3n) is 2.50. The van der Waals surface area contributed by atoms with Gasteiger partial charge in [-0.3, -0.25) is 0 Å². The Balaban J connectivity index is 2.32. The van der Waals surface area contributed by atoms with E-state index in [1.54, 1.807) is 0 Å². The quantitative estimate of drug-likeness (QED) is 0.627. The van der Waals surface area contributed by atoms with Crippen LogP contribution in [0.1, 0.15) is 26.7 Å². The normalized spacial score (nSPS) is 28.9. The lowest BCUT2D eigenvalue weighted by molar-refractivity contribution is 0.0525. The highest BCUT2D eigenvalue weighted by atomic mass is 16.3. The average Bonchev–Trinajstić information content (AvgIpc) is 2.05. The SMILES string of the molecule is CC(C)C(O)C1CCCNC1. The number of aliphatic hydroxyl groups is 1. The minimum atomic E-state index is -0.109. The van der Waals surface area contributed by atoms with Gasteiger partial charge in [0.05, 0.1) is 6.10 Å². The molecule has 0 aromatic carbocycles. The molecule has 1 saturated heterocycles. The van der Waals surface area contributed by atoms with Gasteiger partial charge in [-0.2, -0.15) is 0 Å². The molecule has 0 radical (unpaired) electrons. The Kier molecular flexibility index (Phi) is 3.34. The van der Waals surface area contributed by atoms with Crippen molar-refractivity contribution in [1.82, 2.24) is 5.32 Å². The molecule has 0 aromatic heterocycles. The van der Waals surface area contributed by atoms with Crippen LogP contribution in [0.4, 0.5) is 0 Å². The molecule has 1 aliphatic rings. The summed E-state index contributed by atoms with van der Waals surface area (Å²) in [5.41, 5.74) is 0. The molecule has 2 unspecified atom stereocenters. The minimum absolute atomic E-state index is 0.109. The van der Waals surface area contributed by atoms with Gasteiger partial charge >= 0.3 is 0 Å². The smallest absolute Gasteiger partial charge is 0.0603 e. The molecule has 0 saturated carbocycles. The monoisotopic (exact) mass is 157 g/mol. The molecule has 2 N–H and O–H groups in total. The molecule has 66 valence electrons. The molecule has 2 heteroatoms. The lowest BCUT2D eigenvalue weighted by Gasteiger charge is -2.29. The summed E-state index contributed by atoms with van der Waals surface area (Å²) >= 11 is 0. The maximum atomic E-state index is 9.71. The van der Waals surface area contributed by atoms with E-state index in [0.29, 0.717) is 11.8 Å². The highest BCUT2D eigenvalue weighted by Crippen LogP contribution is 2.19. The maximum absolute atomic E-state index is 9.71. The number of hydrogen-bond acceptors (Lipinski definition) is 2. The number of rotatable bonds is 2. The molecule has 1 heterocycles. The van der Waals surface area contributed by atoms with Crippen molar-refractivity contribution in [3.05, 3.63) is 0 Å². The Bertz CT molecular complexity index is 108. The second-order valence-electron chi connectivity index (χ2n) is 3.84. The largest absolute Gasteiger partial charge is 0.393 e. The predicted octanol–water partition coefficient (Wildman–Crippen LogP) is 1.00. The zero-order valence-corrected chi connectivity index (χ0v) is 7.51. The van der Waals surface area contributed by atoms with Crippen LogP contribution < -0.4 is 5.32 Å². The van der Waals surface area contributed by atoms with Crippen molar-refractivity contribution in [3.63, 3.8) is 0 Å². The first-order valence-corrected chi connectivity index (χ1v) is 4.60. The van der Waals surface area contributed by atoms with Crippen LogP contribution in [-0.2, 0) is 0 Å². The third-order valence-corrected chi connectivity index (χ3v) is 2.50. The van der Waals surface area contributed by atoms with Crippen LogP contribution in [0.2, 0.25) is 0 Å². The van der Waals surface area contributed by atoms with E-state index in [-0.39, 0.29) is 6.10 Å². The lowest BCUT2D eigenvalue weighted by atomic mass is 9.88. The van der Waals surface area contributed by atoms with Crippen LogP contribution in [-0.4, -0.2) is 24.3 Å². The molecule has 0 bridgehead atoms. The van der Waals surface area contributed by atoms with Crippen molar-refractivity contribution < 1.29 is 5.11 Å². The molecule has 1 aliphatic heterocycles. The number of aliphatic hydroxyl groups excluding tert-OH is 1. The zero-order valence-electron chi connectivity index (χ0n) is 7.51. The van der Waals surface area contributed by atoms with Crippen molar-refractivity contribution >= 4 is 0 Å². The van der Waals surface area contributed by atoms with E-state index < -0.39 is 0 Å². The molecule has 0 aromatic rings. The van der Waals surface area contributed by atoms with E-state index in [9.17, 15) is 5.11 Å². The van der Waals surface area contributed by atoms with Gasteiger partial charge in [-0.15, -0.1) is 0 Å². The first-order chi connectivity index (χ1) is 5.22. The van der Waals surface area contributed by atoms with Gasteiger partial charge in [-0.25, -0.2) is 0 Å². The average molecular weight is 157 g/mol. The molecular formula is C9H19NO. The fourth-order valence-corrected chi connectivity index (χ4v) is 1.71. The first-order valence-electron chi connectivity index (χ1n) is 4.60. The number of piperidine rings is 1. The zero-order chi connectivity index (χ0) is 8.27.